The van der Waals surface area contributed by atoms with E-state index in [0.29, 0.717) is 22.7 Å². The second-order valence-corrected chi connectivity index (χ2v) is 8.51. The molecular formula is C26H27FN2O4. The van der Waals surface area contributed by atoms with E-state index < -0.39 is 11.2 Å². The smallest absolute Gasteiger partial charge is 0.235 e. The number of aryl methyl sites for hydroxylation is 1. The van der Waals surface area contributed by atoms with Gasteiger partial charge < -0.3 is 20.1 Å². The largest absolute Gasteiger partial charge is 0.454 e. The molecule has 2 N–H and O–H groups in total. The van der Waals surface area contributed by atoms with Crippen LogP contribution in [0.5, 0.6) is 11.5 Å². The highest BCUT2D eigenvalue weighted by Crippen LogP contribution is 2.51. The molecule has 7 heteroatoms. The summed E-state index contributed by atoms with van der Waals surface area (Å²) < 4.78 is 25.3. The quantitative estimate of drug-likeness (QED) is 0.527. The number of benzene rings is 3. The van der Waals surface area contributed by atoms with Crippen LogP contribution in [0.1, 0.15) is 33.7 Å². The minimum Gasteiger partial charge on any atom is -0.454 e. The van der Waals surface area contributed by atoms with Crippen molar-refractivity contribution in [3.05, 3.63) is 71.5 Å². The summed E-state index contributed by atoms with van der Waals surface area (Å²) in [4.78, 5) is 24.5. The van der Waals surface area contributed by atoms with E-state index in [1.807, 2.05) is 43.3 Å². The zero-order valence-electron chi connectivity index (χ0n) is 18.3. The van der Waals surface area contributed by atoms with Crippen LogP contribution in [0.15, 0.2) is 54.6 Å². The van der Waals surface area contributed by atoms with E-state index in [2.05, 4.69) is 10.6 Å². The van der Waals surface area contributed by atoms with E-state index in [9.17, 15) is 14.0 Å². The summed E-state index contributed by atoms with van der Waals surface area (Å²) in [7, 11) is 0. The minimum atomic E-state index is -0.585. The van der Waals surface area contributed by atoms with Crippen molar-refractivity contribution in [1.29, 1.82) is 0 Å². The Kier molecular flexibility index (Phi) is 5.04. The molecule has 1 saturated carbocycles. The molecule has 1 fully saturated rings. The minimum absolute atomic E-state index is 0. The number of hydrogen-bond acceptors (Lipinski definition) is 4. The maximum Gasteiger partial charge on any atom is 0.235 e. The zero-order chi connectivity index (χ0) is 23.2. The fourth-order valence-corrected chi connectivity index (χ4v) is 4.20. The number of nitrogens with one attached hydrogen (secondary N) is 2. The highest BCUT2D eigenvalue weighted by Gasteiger charge is 2.51. The van der Waals surface area contributed by atoms with Crippen molar-refractivity contribution in [2.75, 3.05) is 17.4 Å². The van der Waals surface area contributed by atoms with Crippen molar-refractivity contribution in [3.8, 4) is 22.6 Å². The second kappa shape index (κ2) is 7.92. The highest BCUT2D eigenvalue weighted by molar-refractivity contribution is 6.02. The molecule has 0 radical (unpaired) electrons. The van der Waals surface area contributed by atoms with Gasteiger partial charge in [0.1, 0.15) is 5.82 Å². The summed E-state index contributed by atoms with van der Waals surface area (Å²) in [6.45, 7) is 3.45. The first-order valence-corrected chi connectivity index (χ1v) is 10.8. The van der Waals surface area contributed by atoms with Gasteiger partial charge in [0.05, 0.1) is 11.1 Å². The van der Waals surface area contributed by atoms with Crippen LogP contribution in [-0.2, 0) is 15.0 Å². The third-order valence-corrected chi connectivity index (χ3v) is 6.20. The molecule has 0 spiro atoms. The van der Waals surface area contributed by atoms with Crippen molar-refractivity contribution >= 4 is 23.2 Å². The number of anilines is 2. The van der Waals surface area contributed by atoms with Crippen LogP contribution in [0.3, 0.4) is 0 Å². The maximum atomic E-state index is 14.5. The molecule has 0 atom stereocenters. The van der Waals surface area contributed by atoms with Gasteiger partial charge in [0.25, 0.3) is 0 Å². The van der Waals surface area contributed by atoms with E-state index in [0.717, 1.165) is 29.5 Å². The van der Waals surface area contributed by atoms with Crippen LogP contribution in [0.4, 0.5) is 15.8 Å². The van der Waals surface area contributed by atoms with E-state index in [-0.39, 0.29) is 27.1 Å². The Morgan fingerprint density at radius 3 is 2.48 bits per heavy atom. The van der Waals surface area contributed by atoms with Crippen LogP contribution >= 0.6 is 0 Å². The second-order valence-electron chi connectivity index (χ2n) is 8.51. The topological polar surface area (TPSA) is 76.7 Å². The van der Waals surface area contributed by atoms with Gasteiger partial charge in [-0.05, 0) is 78.4 Å². The van der Waals surface area contributed by atoms with Gasteiger partial charge in [-0.1, -0.05) is 18.2 Å². The van der Waals surface area contributed by atoms with Gasteiger partial charge in [-0.15, -0.1) is 0 Å². The monoisotopic (exact) mass is 450 g/mol. The Labute approximate surface area is 193 Å². The lowest BCUT2D eigenvalue weighted by atomic mass is 9.94. The van der Waals surface area contributed by atoms with Gasteiger partial charge in [0.2, 0.25) is 18.6 Å². The lowest BCUT2D eigenvalue weighted by molar-refractivity contribution is -0.118. The molecular weight excluding hydrogens is 423 g/mol. The number of carbonyl (C=O) groups excluding carboxylic acids is 2. The first kappa shape index (κ1) is 21.0. The summed E-state index contributed by atoms with van der Waals surface area (Å²) >= 11 is 0. The summed E-state index contributed by atoms with van der Waals surface area (Å²) in [5, 5.41) is 5.51. The number of hydrogen-bond donors (Lipinski definition) is 2. The van der Waals surface area contributed by atoms with Crippen molar-refractivity contribution in [2.45, 2.75) is 32.1 Å². The molecule has 0 saturated heterocycles. The predicted molar refractivity (Wildman–Crippen MR) is 127 cm³/mol. The molecule has 33 heavy (non-hydrogen) atoms. The van der Waals surface area contributed by atoms with Crippen molar-refractivity contribution < 1.29 is 26.3 Å². The Hall–Kier alpha value is -3.87. The maximum absolute atomic E-state index is 14.5. The Morgan fingerprint density at radius 1 is 0.970 bits per heavy atom. The molecule has 1 aliphatic carbocycles. The van der Waals surface area contributed by atoms with E-state index >= 15 is 0 Å². The molecule has 2 amide bonds. The molecule has 1 heterocycles. The number of amides is 2. The van der Waals surface area contributed by atoms with Crippen molar-refractivity contribution in [2.24, 2.45) is 0 Å². The molecule has 6 nitrogen and oxygen atoms in total. The molecule has 3 aromatic carbocycles. The van der Waals surface area contributed by atoms with Gasteiger partial charge >= 0.3 is 0 Å². The van der Waals surface area contributed by atoms with E-state index in [4.69, 9.17) is 9.47 Å². The Morgan fingerprint density at radius 2 is 1.76 bits per heavy atom. The zero-order valence-corrected chi connectivity index (χ0v) is 18.3. The number of halogens is 1. The summed E-state index contributed by atoms with van der Waals surface area (Å²) in [6.07, 6.45) is 1.51. The van der Waals surface area contributed by atoms with Crippen LogP contribution < -0.4 is 20.1 Å². The van der Waals surface area contributed by atoms with Gasteiger partial charge in [-0.25, -0.2) is 4.39 Å². The average molecular weight is 451 g/mol. The number of carbonyl (C=O) groups is 2. The lowest BCUT2D eigenvalue weighted by Gasteiger charge is -2.17. The first-order chi connectivity index (χ1) is 15.9. The van der Waals surface area contributed by atoms with Gasteiger partial charge in [-0.2, -0.15) is 0 Å². The fourth-order valence-electron chi connectivity index (χ4n) is 4.20. The average Bonchev–Trinajstić information content (AvgIpc) is 3.47. The third-order valence-electron chi connectivity index (χ3n) is 6.20. The molecule has 172 valence electrons. The van der Waals surface area contributed by atoms with Crippen LogP contribution in [0, 0.1) is 12.7 Å². The summed E-state index contributed by atoms with van der Waals surface area (Å²) in [5.74, 6) is 0.419. The molecule has 1 aliphatic heterocycles. The van der Waals surface area contributed by atoms with Crippen LogP contribution in [0.2, 0.25) is 0 Å². The molecule has 2 aliphatic rings. The lowest BCUT2D eigenvalue weighted by Crippen LogP contribution is -2.27. The van der Waals surface area contributed by atoms with Crippen molar-refractivity contribution in [1.82, 2.24) is 0 Å². The molecule has 5 rings (SSSR count). The Bertz CT molecular complexity index is 1290. The van der Waals surface area contributed by atoms with Crippen LogP contribution in [-0.4, -0.2) is 18.6 Å². The molecule has 0 bridgehead atoms. The highest BCUT2D eigenvalue weighted by atomic mass is 19.1. The summed E-state index contributed by atoms with van der Waals surface area (Å²) in [6, 6.07) is 15.9. The number of fused-ring (bicyclic) bond motifs is 1. The number of rotatable bonds is 5. The van der Waals surface area contributed by atoms with E-state index in [1.54, 1.807) is 6.07 Å². The van der Waals surface area contributed by atoms with Gasteiger partial charge in [0.15, 0.2) is 11.5 Å². The normalized spacial score (nSPS) is 15.1. The van der Waals surface area contributed by atoms with E-state index in [1.165, 1.54) is 19.1 Å². The van der Waals surface area contributed by atoms with Gasteiger partial charge in [0, 0.05) is 15.5 Å². The SMILES string of the molecule is CC(=O)Nc1ccc(-c2cc(NC(=O)C3(c4ccc5c(c4)OCO5)CC3)ccc2C)cc1F.[HH].[HH]. The standard InChI is InChI=1S/C26H23FN2O4.2H2/c1-15-3-6-19(13-20(15)17-4-7-22(21(27)11-17)28-16(2)30)29-25(31)26(9-10-26)18-5-8-23-24(12-18)33-14-32-23;;/h3-8,11-13H,9-10,14H2,1-2H3,(H,28,30)(H,29,31);2*1H. The third kappa shape index (κ3) is 3.91. The first-order valence-electron chi connectivity index (χ1n) is 10.8. The number of ether oxygens (including phenoxy) is 2. The predicted octanol–water partition coefficient (Wildman–Crippen LogP) is 5.65. The Balaban J connectivity index is 0.00000171. The fraction of sp³-hybridized carbons (Fsp3) is 0.231. The molecule has 0 unspecified atom stereocenters. The molecule has 0 aromatic heterocycles. The van der Waals surface area contributed by atoms with Crippen LogP contribution in [0.25, 0.3) is 11.1 Å². The summed E-state index contributed by atoms with van der Waals surface area (Å²) in [5.41, 5.74) is 3.50. The van der Waals surface area contributed by atoms with Crippen molar-refractivity contribution in [3.63, 3.8) is 0 Å². The van der Waals surface area contributed by atoms with Gasteiger partial charge in [-0.3, -0.25) is 9.59 Å². The molecule has 3 aromatic rings.